The molecule has 0 aliphatic carbocycles. The molecule has 1 aromatic carbocycles. The molecule has 1 unspecified atom stereocenters. The fourth-order valence-electron chi connectivity index (χ4n) is 2.28. The molecule has 0 saturated carbocycles. The minimum Gasteiger partial charge on any atom is -0.353 e. The largest absolute Gasteiger partial charge is 0.353 e. The lowest BCUT2D eigenvalue weighted by Gasteiger charge is -2.16. The summed E-state index contributed by atoms with van der Waals surface area (Å²) in [6.07, 6.45) is 0.426. The fourth-order valence-corrected chi connectivity index (χ4v) is 3.95. The molecule has 1 aromatic rings. The normalized spacial score (nSPS) is 19.5. The summed E-state index contributed by atoms with van der Waals surface area (Å²) in [5, 5.41) is 7.60. The van der Waals surface area contributed by atoms with Gasteiger partial charge in [-0.1, -0.05) is 0 Å². The van der Waals surface area contributed by atoms with Crippen LogP contribution >= 0.6 is 0 Å². The Morgan fingerprint density at radius 1 is 1.28 bits per heavy atom. The molecular formula is C14H17F3N4O3S. The van der Waals surface area contributed by atoms with Gasteiger partial charge in [0.2, 0.25) is 5.91 Å². The average Bonchev–Trinajstić information content (AvgIpc) is 2.90. The lowest BCUT2D eigenvalue weighted by atomic mass is 10.2. The highest BCUT2D eigenvalue weighted by Crippen LogP contribution is 2.19. The van der Waals surface area contributed by atoms with Crippen LogP contribution in [-0.4, -0.2) is 51.4 Å². The summed E-state index contributed by atoms with van der Waals surface area (Å²) in [6.45, 7) is -0.336. The van der Waals surface area contributed by atoms with Crippen molar-refractivity contribution < 1.29 is 26.4 Å². The van der Waals surface area contributed by atoms with E-state index in [0.717, 1.165) is 6.07 Å². The number of guanidine groups is 1. The third-order valence-electron chi connectivity index (χ3n) is 3.52. The first-order chi connectivity index (χ1) is 11.7. The molecular weight excluding hydrogens is 361 g/mol. The molecule has 3 N–H and O–H groups in total. The Morgan fingerprint density at radius 3 is 2.60 bits per heavy atom. The number of aliphatic imine (C=N–C) groups is 1. The summed E-state index contributed by atoms with van der Waals surface area (Å²) < 4.78 is 62.2. The second-order valence-corrected chi connectivity index (χ2v) is 7.67. The van der Waals surface area contributed by atoms with Crippen molar-refractivity contribution >= 4 is 27.4 Å². The Morgan fingerprint density at radius 2 is 2.00 bits per heavy atom. The average molecular weight is 378 g/mol. The zero-order valence-corrected chi connectivity index (χ0v) is 14.1. The fraction of sp³-hybridized carbons (Fsp3) is 0.429. The van der Waals surface area contributed by atoms with Crippen LogP contribution in [0.25, 0.3) is 0 Å². The molecule has 1 aliphatic heterocycles. The topological polar surface area (TPSA) is 99.7 Å². The number of anilines is 1. The molecule has 1 amide bonds. The van der Waals surface area contributed by atoms with Crippen LogP contribution in [0.1, 0.15) is 6.42 Å². The number of hydrogen-bond acceptors (Lipinski definition) is 4. The van der Waals surface area contributed by atoms with Gasteiger partial charge in [0.25, 0.3) is 0 Å². The predicted molar refractivity (Wildman–Crippen MR) is 86.5 cm³/mol. The van der Waals surface area contributed by atoms with Gasteiger partial charge in [-0.2, -0.15) is 0 Å². The molecule has 25 heavy (non-hydrogen) atoms. The number of benzene rings is 1. The monoisotopic (exact) mass is 378 g/mol. The van der Waals surface area contributed by atoms with Gasteiger partial charge in [0.1, 0.15) is 0 Å². The Hall–Kier alpha value is -2.30. The van der Waals surface area contributed by atoms with E-state index in [1.165, 1.54) is 7.05 Å². The molecule has 1 fully saturated rings. The number of carbonyl (C=O) groups is 1. The molecule has 0 spiro atoms. The first-order valence-corrected chi connectivity index (χ1v) is 9.15. The van der Waals surface area contributed by atoms with Crippen LogP contribution < -0.4 is 16.0 Å². The van der Waals surface area contributed by atoms with Crippen LogP contribution in [0.4, 0.5) is 18.9 Å². The van der Waals surface area contributed by atoms with Crippen molar-refractivity contribution in [3.63, 3.8) is 0 Å². The summed E-state index contributed by atoms with van der Waals surface area (Å²) in [5.74, 6) is -4.99. The maximum atomic E-state index is 13.5. The molecule has 1 aliphatic rings. The maximum Gasteiger partial charge on any atom is 0.243 e. The minimum absolute atomic E-state index is 0.0278. The quantitative estimate of drug-likeness (QED) is 0.400. The first-order valence-electron chi connectivity index (χ1n) is 7.33. The van der Waals surface area contributed by atoms with E-state index in [1.54, 1.807) is 0 Å². The minimum atomic E-state index is -3.07. The van der Waals surface area contributed by atoms with E-state index in [9.17, 15) is 26.4 Å². The van der Waals surface area contributed by atoms with Crippen LogP contribution in [0.5, 0.6) is 0 Å². The van der Waals surface area contributed by atoms with Gasteiger partial charge in [-0.15, -0.1) is 0 Å². The number of nitrogens with one attached hydrogen (secondary N) is 3. The lowest BCUT2D eigenvalue weighted by Crippen LogP contribution is -2.46. The van der Waals surface area contributed by atoms with E-state index >= 15 is 0 Å². The number of hydrogen-bond donors (Lipinski definition) is 3. The molecule has 0 radical (unpaired) electrons. The van der Waals surface area contributed by atoms with Crippen LogP contribution in [0.3, 0.4) is 0 Å². The summed E-state index contributed by atoms with van der Waals surface area (Å²) in [4.78, 5) is 15.6. The van der Waals surface area contributed by atoms with E-state index < -0.39 is 38.9 Å². The van der Waals surface area contributed by atoms with Gasteiger partial charge in [0.05, 0.1) is 23.7 Å². The van der Waals surface area contributed by atoms with E-state index in [2.05, 4.69) is 20.9 Å². The Kier molecular flexibility index (Phi) is 5.88. The number of carbonyl (C=O) groups excluding carboxylic acids is 1. The molecule has 2 rings (SSSR count). The van der Waals surface area contributed by atoms with Crippen LogP contribution in [0, 0.1) is 17.5 Å². The van der Waals surface area contributed by atoms with Crippen LogP contribution in [0.15, 0.2) is 17.1 Å². The molecule has 11 heteroatoms. The highest BCUT2D eigenvalue weighted by Gasteiger charge is 2.28. The Bertz CT molecular complexity index is 799. The molecule has 0 aromatic heterocycles. The molecule has 1 saturated heterocycles. The summed E-state index contributed by atoms with van der Waals surface area (Å²) >= 11 is 0. The van der Waals surface area contributed by atoms with Crippen molar-refractivity contribution in [1.29, 1.82) is 0 Å². The van der Waals surface area contributed by atoms with Gasteiger partial charge in [-0.3, -0.25) is 9.79 Å². The van der Waals surface area contributed by atoms with Gasteiger partial charge in [-0.25, -0.2) is 21.6 Å². The molecule has 1 heterocycles. The van der Waals surface area contributed by atoms with Crippen LogP contribution in [-0.2, 0) is 14.6 Å². The standard InChI is InChI=1S/C14H17F3N4O3S/c1-18-14(20-8-4-5-25(23,24)7-8)19-6-11(22)21-10-3-2-9(15)12(16)13(10)17/h2-3,8H,4-7H2,1H3,(H,21,22)(H2,18,19,20). The SMILES string of the molecule is CN=C(NCC(=O)Nc1ccc(F)c(F)c1F)NC1CCS(=O)(=O)C1. The second-order valence-electron chi connectivity index (χ2n) is 5.44. The third kappa shape index (κ3) is 5.08. The zero-order valence-electron chi connectivity index (χ0n) is 13.3. The van der Waals surface area contributed by atoms with Crippen LogP contribution in [0.2, 0.25) is 0 Å². The highest BCUT2D eigenvalue weighted by atomic mass is 32.2. The van der Waals surface area contributed by atoms with Crippen molar-refractivity contribution in [3.05, 3.63) is 29.6 Å². The first kappa shape index (κ1) is 19.0. The highest BCUT2D eigenvalue weighted by molar-refractivity contribution is 7.91. The van der Waals surface area contributed by atoms with E-state index in [0.29, 0.717) is 12.5 Å². The number of nitrogens with zero attached hydrogens (tertiary/aromatic N) is 1. The molecule has 138 valence electrons. The molecule has 1 atom stereocenters. The summed E-state index contributed by atoms with van der Waals surface area (Å²) in [5.41, 5.74) is -0.490. The predicted octanol–water partition coefficient (Wildman–Crippen LogP) is 0.394. The van der Waals surface area contributed by atoms with Crippen molar-refractivity contribution in [1.82, 2.24) is 10.6 Å². The van der Waals surface area contributed by atoms with Gasteiger partial charge in [-0.05, 0) is 18.6 Å². The van der Waals surface area contributed by atoms with Crippen molar-refractivity contribution in [2.75, 3.05) is 30.4 Å². The van der Waals surface area contributed by atoms with Gasteiger partial charge in [0, 0.05) is 13.1 Å². The van der Waals surface area contributed by atoms with Crippen molar-refractivity contribution in [2.24, 2.45) is 4.99 Å². The van der Waals surface area contributed by atoms with Gasteiger partial charge in [0.15, 0.2) is 33.2 Å². The van der Waals surface area contributed by atoms with E-state index in [-0.39, 0.29) is 30.1 Å². The summed E-state index contributed by atoms with van der Waals surface area (Å²) in [6, 6.07) is 1.29. The zero-order chi connectivity index (χ0) is 18.6. The number of amides is 1. The van der Waals surface area contributed by atoms with Gasteiger partial charge >= 0.3 is 0 Å². The van der Waals surface area contributed by atoms with E-state index in [1.807, 2.05) is 0 Å². The van der Waals surface area contributed by atoms with Gasteiger partial charge < -0.3 is 16.0 Å². The Labute approximate surface area is 142 Å². The maximum absolute atomic E-state index is 13.5. The Balaban J connectivity index is 1.87. The lowest BCUT2D eigenvalue weighted by molar-refractivity contribution is -0.115. The smallest absolute Gasteiger partial charge is 0.243 e. The third-order valence-corrected chi connectivity index (χ3v) is 5.29. The summed E-state index contributed by atoms with van der Waals surface area (Å²) in [7, 11) is -1.63. The molecule has 7 nitrogen and oxygen atoms in total. The number of halogens is 3. The number of rotatable bonds is 4. The van der Waals surface area contributed by atoms with Crippen molar-refractivity contribution in [3.8, 4) is 0 Å². The van der Waals surface area contributed by atoms with E-state index in [4.69, 9.17) is 0 Å². The number of sulfone groups is 1. The second kappa shape index (κ2) is 7.72. The van der Waals surface area contributed by atoms with Crippen molar-refractivity contribution in [2.45, 2.75) is 12.5 Å². The molecule has 0 bridgehead atoms.